The molecule has 0 aromatic heterocycles. The molecule has 2 nitrogen and oxygen atoms in total. The van der Waals surface area contributed by atoms with Crippen LogP contribution in [-0.4, -0.2) is 5.71 Å². The highest BCUT2D eigenvalue weighted by atomic mass is 14.8. The van der Waals surface area contributed by atoms with Gasteiger partial charge in [-0.15, -0.1) is 0 Å². The Hall–Kier alpha value is -2.35. The van der Waals surface area contributed by atoms with Crippen molar-refractivity contribution in [3.05, 3.63) is 81.7 Å². The van der Waals surface area contributed by atoms with E-state index in [1.165, 1.54) is 16.7 Å². The van der Waals surface area contributed by atoms with E-state index in [0.29, 0.717) is 0 Å². The number of aliphatic imine (C=N–C) groups is 1. The zero-order valence-electron chi connectivity index (χ0n) is 15.7. The van der Waals surface area contributed by atoms with Crippen molar-refractivity contribution in [2.24, 2.45) is 10.7 Å². The van der Waals surface area contributed by atoms with E-state index in [9.17, 15) is 0 Å². The molecule has 1 aromatic carbocycles. The molecule has 1 unspecified atom stereocenters. The van der Waals surface area contributed by atoms with Gasteiger partial charge in [-0.05, 0) is 63.8 Å². The molecule has 1 aliphatic rings. The van der Waals surface area contributed by atoms with Crippen molar-refractivity contribution in [3.8, 4) is 0 Å². The van der Waals surface area contributed by atoms with Crippen LogP contribution in [0.4, 0.5) is 0 Å². The van der Waals surface area contributed by atoms with Crippen LogP contribution >= 0.6 is 0 Å². The molecular formula is C22H28N2. The van der Waals surface area contributed by atoms with Crippen molar-refractivity contribution in [3.63, 3.8) is 0 Å². The Morgan fingerprint density at radius 2 is 1.67 bits per heavy atom. The second-order valence-corrected chi connectivity index (χ2v) is 6.91. The number of benzene rings is 1. The van der Waals surface area contributed by atoms with Gasteiger partial charge in [-0.2, -0.15) is 0 Å². The van der Waals surface area contributed by atoms with E-state index in [1.54, 1.807) is 0 Å². The fourth-order valence-corrected chi connectivity index (χ4v) is 3.53. The average Bonchev–Trinajstić information content (AvgIpc) is 2.45. The monoisotopic (exact) mass is 320 g/mol. The topological polar surface area (TPSA) is 38.4 Å². The van der Waals surface area contributed by atoms with Crippen molar-refractivity contribution in [1.82, 2.24) is 0 Å². The summed E-state index contributed by atoms with van der Waals surface area (Å²) in [6.07, 6.45) is 0. The Morgan fingerprint density at radius 1 is 1.04 bits per heavy atom. The predicted molar refractivity (Wildman–Crippen MR) is 105 cm³/mol. The van der Waals surface area contributed by atoms with Crippen molar-refractivity contribution in [2.45, 2.75) is 47.5 Å². The summed E-state index contributed by atoms with van der Waals surface area (Å²) < 4.78 is 0. The van der Waals surface area contributed by atoms with Crippen LogP contribution in [-0.2, 0) is 0 Å². The minimum absolute atomic E-state index is 0.0531. The smallest absolute Gasteiger partial charge is 0.0714 e. The molecule has 2 rings (SSSR count). The minimum Gasteiger partial charge on any atom is -0.402 e. The first-order chi connectivity index (χ1) is 11.1. The quantitative estimate of drug-likeness (QED) is 0.784. The summed E-state index contributed by atoms with van der Waals surface area (Å²) in [5.41, 5.74) is 16.9. The highest BCUT2D eigenvalue weighted by molar-refractivity contribution is 6.14. The van der Waals surface area contributed by atoms with Gasteiger partial charge in [0.2, 0.25) is 0 Å². The summed E-state index contributed by atoms with van der Waals surface area (Å²) in [5.74, 6) is 0.0531. The third-order valence-electron chi connectivity index (χ3n) is 4.53. The lowest BCUT2D eigenvalue weighted by Crippen LogP contribution is -2.24. The zero-order valence-corrected chi connectivity index (χ0v) is 15.7. The molecule has 1 atom stereocenters. The normalized spacial score (nSPS) is 19.9. The summed E-state index contributed by atoms with van der Waals surface area (Å²) in [6.45, 7) is 20.6. The summed E-state index contributed by atoms with van der Waals surface area (Å²) >= 11 is 0. The number of aryl methyl sites for hydroxylation is 2. The second kappa shape index (κ2) is 6.64. The lowest BCUT2D eigenvalue weighted by Gasteiger charge is -2.32. The molecule has 126 valence electrons. The zero-order chi connectivity index (χ0) is 18.2. The van der Waals surface area contributed by atoms with E-state index in [2.05, 4.69) is 45.2 Å². The highest BCUT2D eigenvalue weighted by Crippen LogP contribution is 2.44. The molecule has 0 spiro atoms. The number of rotatable bonds is 3. The second-order valence-electron chi connectivity index (χ2n) is 6.91. The molecule has 1 aliphatic heterocycles. The van der Waals surface area contributed by atoms with Crippen LogP contribution in [0.5, 0.6) is 0 Å². The molecule has 0 amide bonds. The maximum Gasteiger partial charge on any atom is 0.0714 e. The average molecular weight is 320 g/mol. The van der Waals surface area contributed by atoms with Crippen LogP contribution in [0, 0.1) is 13.8 Å². The van der Waals surface area contributed by atoms with Crippen molar-refractivity contribution in [1.29, 1.82) is 0 Å². The van der Waals surface area contributed by atoms with Crippen LogP contribution < -0.4 is 5.73 Å². The van der Waals surface area contributed by atoms with E-state index in [4.69, 9.17) is 10.7 Å². The summed E-state index contributed by atoms with van der Waals surface area (Å²) in [6, 6.07) is 6.58. The fraction of sp³-hybridized carbons (Fsp3) is 0.318. The minimum atomic E-state index is 0.0531. The van der Waals surface area contributed by atoms with Gasteiger partial charge >= 0.3 is 0 Å². The molecule has 2 N–H and O–H groups in total. The van der Waals surface area contributed by atoms with Gasteiger partial charge in [0.1, 0.15) is 0 Å². The van der Waals surface area contributed by atoms with E-state index in [0.717, 1.165) is 39.4 Å². The standard InChI is InChI=1S/C22H28N2/c1-12(2)19-17(8)24-22(13(3)4)20(16(7)23)21(19)18-10-9-14(5)11-15(18)6/h9-11,21H,1,3,23H2,2,4-8H3/b20-16-. The van der Waals surface area contributed by atoms with E-state index in [1.807, 2.05) is 27.7 Å². The van der Waals surface area contributed by atoms with Crippen LogP contribution in [0.2, 0.25) is 0 Å². The summed E-state index contributed by atoms with van der Waals surface area (Å²) in [4.78, 5) is 4.81. The van der Waals surface area contributed by atoms with Gasteiger partial charge in [-0.25, -0.2) is 0 Å². The van der Waals surface area contributed by atoms with E-state index in [-0.39, 0.29) is 5.92 Å². The molecule has 2 heteroatoms. The third kappa shape index (κ3) is 3.14. The Labute approximate surface area is 146 Å². The molecule has 0 bridgehead atoms. The van der Waals surface area contributed by atoms with Crippen LogP contribution in [0.3, 0.4) is 0 Å². The third-order valence-corrected chi connectivity index (χ3v) is 4.53. The largest absolute Gasteiger partial charge is 0.402 e. The Morgan fingerprint density at radius 3 is 2.12 bits per heavy atom. The molecular weight excluding hydrogens is 292 g/mol. The summed E-state index contributed by atoms with van der Waals surface area (Å²) in [5, 5.41) is 0. The number of nitrogens with two attached hydrogens (primary N) is 1. The van der Waals surface area contributed by atoms with Gasteiger partial charge in [0.15, 0.2) is 0 Å². The predicted octanol–water partition coefficient (Wildman–Crippen LogP) is 5.50. The molecule has 0 radical (unpaired) electrons. The maximum absolute atomic E-state index is 6.32. The van der Waals surface area contributed by atoms with Gasteiger partial charge in [-0.3, -0.25) is 4.99 Å². The van der Waals surface area contributed by atoms with Crippen molar-refractivity contribution < 1.29 is 0 Å². The van der Waals surface area contributed by atoms with Crippen LogP contribution in [0.25, 0.3) is 0 Å². The Kier molecular flexibility index (Phi) is 4.98. The molecule has 24 heavy (non-hydrogen) atoms. The maximum atomic E-state index is 6.32. The Balaban J connectivity index is 2.86. The first-order valence-electron chi connectivity index (χ1n) is 8.30. The fourth-order valence-electron chi connectivity index (χ4n) is 3.53. The molecule has 1 heterocycles. The number of hydrogen-bond acceptors (Lipinski definition) is 2. The molecule has 1 aromatic rings. The molecule has 0 aliphatic carbocycles. The van der Waals surface area contributed by atoms with E-state index < -0.39 is 0 Å². The number of hydrogen-bond donors (Lipinski definition) is 1. The first kappa shape index (κ1) is 18.0. The van der Waals surface area contributed by atoms with Gasteiger partial charge < -0.3 is 5.73 Å². The van der Waals surface area contributed by atoms with Gasteiger partial charge in [0.25, 0.3) is 0 Å². The Bertz CT molecular complexity index is 812. The number of nitrogens with zero attached hydrogens (tertiary/aromatic N) is 1. The van der Waals surface area contributed by atoms with E-state index >= 15 is 0 Å². The molecule has 0 fully saturated rings. The van der Waals surface area contributed by atoms with Crippen LogP contribution in [0.15, 0.2) is 70.0 Å². The summed E-state index contributed by atoms with van der Waals surface area (Å²) in [7, 11) is 0. The first-order valence-corrected chi connectivity index (χ1v) is 8.30. The molecule has 0 saturated heterocycles. The lowest BCUT2D eigenvalue weighted by molar-refractivity contribution is 0.889. The lowest BCUT2D eigenvalue weighted by atomic mass is 9.74. The number of allylic oxidation sites excluding steroid dienone is 6. The SMILES string of the molecule is C=C(C)C1=NC(C)=C(C(=C)C)C(c2ccc(C)cc2C)/C1=C(\C)N. The van der Waals surface area contributed by atoms with Crippen molar-refractivity contribution >= 4 is 5.71 Å². The van der Waals surface area contributed by atoms with Gasteiger partial charge in [-0.1, -0.05) is 42.5 Å². The molecule has 0 saturated carbocycles. The van der Waals surface area contributed by atoms with Crippen LogP contribution in [0.1, 0.15) is 50.3 Å². The van der Waals surface area contributed by atoms with Crippen molar-refractivity contribution in [2.75, 3.05) is 0 Å². The van der Waals surface area contributed by atoms with Gasteiger partial charge in [0, 0.05) is 22.9 Å². The van der Waals surface area contributed by atoms with Gasteiger partial charge in [0.05, 0.1) is 5.71 Å². The highest BCUT2D eigenvalue weighted by Gasteiger charge is 2.32.